The van der Waals surface area contributed by atoms with E-state index in [9.17, 15) is 0 Å². The van der Waals surface area contributed by atoms with E-state index in [-0.39, 0.29) is 0 Å². The van der Waals surface area contributed by atoms with Gasteiger partial charge in [-0.1, -0.05) is 0 Å². The summed E-state index contributed by atoms with van der Waals surface area (Å²) in [5, 5.41) is 3.48. The lowest BCUT2D eigenvalue weighted by atomic mass is 10.3. The van der Waals surface area contributed by atoms with Gasteiger partial charge in [-0.25, -0.2) is 4.98 Å². The van der Waals surface area contributed by atoms with Crippen LogP contribution in [0.1, 0.15) is 25.3 Å². The van der Waals surface area contributed by atoms with E-state index in [0.717, 1.165) is 26.2 Å². The molecule has 0 aromatic carbocycles. The molecule has 1 N–H and O–H groups in total. The number of nitrogens with one attached hydrogen (secondary N) is 1. The van der Waals surface area contributed by atoms with Gasteiger partial charge in [-0.2, -0.15) is 0 Å². The second-order valence-electron chi connectivity index (χ2n) is 4.53. The van der Waals surface area contributed by atoms with Gasteiger partial charge in [0.15, 0.2) is 0 Å². The van der Waals surface area contributed by atoms with Crippen LogP contribution in [0.5, 0.6) is 0 Å². The number of unbranched alkanes of at least 4 members (excludes halogenated alkanes) is 1. The second-order valence-corrected chi connectivity index (χ2v) is 4.53. The smallest absolute Gasteiger partial charge is 0.0945 e. The highest BCUT2D eigenvalue weighted by atomic mass is 15.0. The van der Waals surface area contributed by atoms with Gasteiger partial charge in [0.1, 0.15) is 0 Å². The molecule has 0 unspecified atom stereocenters. The molecule has 2 aromatic heterocycles. The molecule has 0 aliphatic rings. The molecule has 0 aliphatic carbocycles. The van der Waals surface area contributed by atoms with Crippen molar-refractivity contribution in [3.63, 3.8) is 0 Å². The van der Waals surface area contributed by atoms with Crippen molar-refractivity contribution in [3.05, 3.63) is 42.7 Å². The maximum Gasteiger partial charge on any atom is 0.0945 e. The van der Waals surface area contributed by atoms with E-state index in [4.69, 9.17) is 0 Å². The van der Waals surface area contributed by atoms with Crippen LogP contribution in [0.4, 0.5) is 0 Å². The van der Waals surface area contributed by atoms with Gasteiger partial charge in [0.05, 0.1) is 6.33 Å². The van der Waals surface area contributed by atoms with Gasteiger partial charge in [-0.15, -0.1) is 0 Å². The van der Waals surface area contributed by atoms with Crippen molar-refractivity contribution in [2.24, 2.45) is 0 Å². The molecule has 4 nitrogen and oxygen atoms in total. The third-order valence-electron chi connectivity index (χ3n) is 3.09. The molecule has 4 heteroatoms. The molecule has 0 radical (unpaired) electrons. The van der Waals surface area contributed by atoms with Gasteiger partial charge in [0.25, 0.3) is 0 Å². The summed E-state index contributed by atoms with van der Waals surface area (Å²) in [6.07, 6.45) is 12.5. The third kappa shape index (κ3) is 4.04. The largest absolute Gasteiger partial charge is 0.354 e. The molecule has 0 aliphatic heterocycles. The average Bonchev–Trinajstić information content (AvgIpc) is 3.04. The first-order chi connectivity index (χ1) is 8.88. The van der Waals surface area contributed by atoms with Crippen molar-refractivity contribution in [1.29, 1.82) is 0 Å². The van der Waals surface area contributed by atoms with Crippen LogP contribution in [-0.2, 0) is 19.6 Å². The molecule has 0 atom stereocenters. The molecular weight excluding hydrogens is 224 g/mol. The fraction of sp³-hybridized carbons (Fsp3) is 0.500. The zero-order chi connectivity index (χ0) is 12.6. The summed E-state index contributed by atoms with van der Waals surface area (Å²) < 4.78 is 4.33. The molecule has 2 aromatic rings. The van der Waals surface area contributed by atoms with E-state index in [2.05, 4.69) is 44.8 Å². The minimum Gasteiger partial charge on any atom is -0.354 e. The van der Waals surface area contributed by atoms with Gasteiger partial charge >= 0.3 is 0 Å². The maximum absolute atomic E-state index is 4.03. The van der Waals surface area contributed by atoms with Crippen molar-refractivity contribution in [1.82, 2.24) is 19.4 Å². The zero-order valence-corrected chi connectivity index (χ0v) is 11.0. The normalized spacial score (nSPS) is 10.9. The molecule has 2 heterocycles. The molecule has 18 heavy (non-hydrogen) atoms. The van der Waals surface area contributed by atoms with Crippen LogP contribution in [0.2, 0.25) is 0 Å². The number of nitrogens with zero attached hydrogens (tertiary/aromatic N) is 3. The lowest BCUT2D eigenvalue weighted by Crippen LogP contribution is -2.14. The highest BCUT2D eigenvalue weighted by Gasteiger charge is 1.95. The van der Waals surface area contributed by atoms with E-state index in [1.807, 2.05) is 18.7 Å². The van der Waals surface area contributed by atoms with E-state index < -0.39 is 0 Å². The Morgan fingerprint density at radius 2 is 2.17 bits per heavy atom. The molecule has 98 valence electrons. The average molecular weight is 246 g/mol. The number of aromatic nitrogens is 3. The summed E-state index contributed by atoms with van der Waals surface area (Å²) in [5.74, 6) is 0. The summed E-state index contributed by atoms with van der Waals surface area (Å²) in [4.78, 5) is 4.03. The van der Waals surface area contributed by atoms with Crippen LogP contribution >= 0.6 is 0 Å². The van der Waals surface area contributed by atoms with Gasteiger partial charge in [0.2, 0.25) is 0 Å². The van der Waals surface area contributed by atoms with Gasteiger partial charge < -0.3 is 14.5 Å². The Kier molecular flexibility index (Phi) is 5.02. The minimum absolute atomic E-state index is 0.970. The van der Waals surface area contributed by atoms with E-state index >= 15 is 0 Å². The molecule has 0 bridgehead atoms. The molecule has 0 saturated heterocycles. The third-order valence-corrected chi connectivity index (χ3v) is 3.09. The van der Waals surface area contributed by atoms with Crippen molar-refractivity contribution in [2.45, 2.75) is 39.4 Å². The maximum atomic E-state index is 4.03. The van der Waals surface area contributed by atoms with Crippen molar-refractivity contribution < 1.29 is 0 Å². The van der Waals surface area contributed by atoms with E-state index in [0.29, 0.717) is 0 Å². The lowest BCUT2D eigenvalue weighted by Gasteiger charge is -2.04. The molecule has 0 spiro atoms. The number of hydrogen-bond acceptors (Lipinski definition) is 2. The monoisotopic (exact) mass is 246 g/mol. The first kappa shape index (κ1) is 12.9. The van der Waals surface area contributed by atoms with Crippen LogP contribution in [0.25, 0.3) is 0 Å². The van der Waals surface area contributed by atoms with Crippen molar-refractivity contribution >= 4 is 0 Å². The topological polar surface area (TPSA) is 34.8 Å². The van der Waals surface area contributed by atoms with Crippen LogP contribution in [0, 0.1) is 0 Å². The Balaban J connectivity index is 1.53. The second kappa shape index (κ2) is 7.01. The quantitative estimate of drug-likeness (QED) is 0.725. The first-order valence-electron chi connectivity index (χ1n) is 6.69. The Morgan fingerprint density at radius 3 is 2.89 bits per heavy atom. The summed E-state index contributed by atoms with van der Waals surface area (Å²) in [7, 11) is 0. The SMILES string of the molecule is CCn1ccc(CNCCCCn2ccnc2)c1. The highest BCUT2D eigenvalue weighted by Crippen LogP contribution is 2.01. The Morgan fingerprint density at radius 1 is 1.22 bits per heavy atom. The molecule has 0 amide bonds. The van der Waals surface area contributed by atoms with Crippen molar-refractivity contribution in [2.75, 3.05) is 6.54 Å². The standard InChI is InChI=1S/C14H22N4/c1-2-17-9-5-14(12-17)11-15-6-3-4-8-18-10-7-16-13-18/h5,7,9-10,12-13,15H,2-4,6,8,11H2,1H3. The number of rotatable bonds is 8. The highest BCUT2D eigenvalue weighted by molar-refractivity contribution is 5.09. The Labute approximate surface area is 109 Å². The number of imidazole rings is 1. The predicted octanol–water partition coefficient (Wildman–Crippen LogP) is 2.27. The molecule has 2 rings (SSSR count). The number of hydrogen-bond donors (Lipinski definition) is 1. The van der Waals surface area contributed by atoms with Crippen LogP contribution in [0.15, 0.2) is 37.2 Å². The molecule has 0 saturated carbocycles. The van der Waals surface area contributed by atoms with Crippen molar-refractivity contribution in [3.8, 4) is 0 Å². The van der Waals surface area contributed by atoms with Gasteiger partial charge in [0, 0.05) is 44.4 Å². The fourth-order valence-electron chi connectivity index (χ4n) is 1.99. The Bertz CT molecular complexity index is 430. The van der Waals surface area contributed by atoms with Gasteiger partial charge in [-0.3, -0.25) is 0 Å². The summed E-state index contributed by atoms with van der Waals surface area (Å²) in [6, 6.07) is 2.18. The number of aryl methyl sites for hydroxylation is 2. The fourth-order valence-corrected chi connectivity index (χ4v) is 1.99. The summed E-state index contributed by atoms with van der Waals surface area (Å²) in [5.41, 5.74) is 1.37. The van der Waals surface area contributed by atoms with Gasteiger partial charge in [-0.05, 0) is 37.9 Å². The predicted molar refractivity (Wildman–Crippen MR) is 73.3 cm³/mol. The zero-order valence-electron chi connectivity index (χ0n) is 11.0. The first-order valence-corrected chi connectivity index (χ1v) is 6.69. The van der Waals surface area contributed by atoms with Crippen LogP contribution in [0.3, 0.4) is 0 Å². The summed E-state index contributed by atoms with van der Waals surface area (Å²) in [6.45, 7) is 6.32. The molecule has 0 fully saturated rings. The molecular formula is C14H22N4. The van der Waals surface area contributed by atoms with E-state index in [1.165, 1.54) is 18.4 Å². The summed E-state index contributed by atoms with van der Waals surface area (Å²) >= 11 is 0. The minimum atomic E-state index is 0.970. The van der Waals surface area contributed by atoms with Crippen LogP contribution in [-0.4, -0.2) is 20.7 Å². The van der Waals surface area contributed by atoms with E-state index in [1.54, 1.807) is 0 Å². The Hall–Kier alpha value is -1.55. The van der Waals surface area contributed by atoms with Crippen LogP contribution < -0.4 is 5.32 Å². The lowest BCUT2D eigenvalue weighted by molar-refractivity contribution is 0.568.